The molecule has 1 amide bonds. The Hall–Kier alpha value is -0.970. The molecule has 0 aliphatic carbocycles. The second kappa shape index (κ2) is 6.83. The zero-order chi connectivity index (χ0) is 13.7. The number of hydrogen-bond acceptors (Lipinski definition) is 1. The van der Waals surface area contributed by atoms with Gasteiger partial charge in [-0.25, -0.2) is 8.78 Å². The maximum atomic E-state index is 13.4. The third kappa shape index (κ3) is 4.05. The summed E-state index contributed by atoms with van der Waals surface area (Å²) in [4.78, 5) is 12.0. The van der Waals surface area contributed by atoms with Crippen LogP contribution in [-0.4, -0.2) is 17.3 Å². The van der Waals surface area contributed by atoms with Crippen molar-refractivity contribution in [1.82, 2.24) is 5.32 Å². The van der Waals surface area contributed by atoms with E-state index in [1.54, 1.807) is 0 Å². The normalized spacial score (nSPS) is 12.3. The van der Waals surface area contributed by atoms with Crippen molar-refractivity contribution in [2.45, 2.75) is 31.5 Å². The second-order valence-electron chi connectivity index (χ2n) is 4.13. The Morgan fingerprint density at radius 1 is 1.39 bits per heavy atom. The van der Waals surface area contributed by atoms with Crippen LogP contribution in [0.5, 0.6) is 0 Å². The quantitative estimate of drug-likeness (QED) is 0.826. The van der Waals surface area contributed by atoms with Crippen LogP contribution in [0.2, 0.25) is 0 Å². The largest absolute Gasteiger partial charge is 0.352 e. The average Bonchev–Trinajstić information content (AvgIpc) is 2.33. The van der Waals surface area contributed by atoms with Crippen LogP contribution >= 0.6 is 15.9 Å². The topological polar surface area (TPSA) is 29.1 Å². The van der Waals surface area contributed by atoms with E-state index in [-0.39, 0.29) is 11.1 Å². The van der Waals surface area contributed by atoms with Crippen LogP contribution in [0.4, 0.5) is 8.78 Å². The lowest BCUT2D eigenvalue weighted by Gasteiger charge is -2.09. The van der Waals surface area contributed by atoms with Crippen LogP contribution in [0, 0.1) is 18.6 Å². The van der Waals surface area contributed by atoms with Crippen LogP contribution in [0.3, 0.4) is 0 Å². The summed E-state index contributed by atoms with van der Waals surface area (Å²) in [7, 11) is 0. The Kier molecular flexibility index (Phi) is 5.72. The van der Waals surface area contributed by atoms with E-state index in [0.29, 0.717) is 11.4 Å². The van der Waals surface area contributed by atoms with Gasteiger partial charge in [0.25, 0.3) is 5.91 Å². The fourth-order valence-corrected chi connectivity index (χ4v) is 1.70. The maximum absolute atomic E-state index is 13.4. The molecule has 0 saturated heterocycles. The van der Waals surface area contributed by atoms with Crippen molar-refractivity contribution in [2.24, 2.45) is 0 Å². The molecule has 0 saturated carbocycles. The number of carbonyl (C=O) groups is 1. The van der Waals surface area contributed by atoms with Gasteiger partial charge in [-0.1, -0.05) is 22.9 Å². The number of alkyl halides is 1. The number of carbonyl (C=O) groups excluding carboxylic acids is 1. The summed E-state index contributed by atoms with van der Waals surface area (Å²) < 4.78 is 26.5. The SMILES string of the molecule is CCC(Br)CCNC(=O)c1cc(C)c(F)cc1F. The smallest absolute Gasteiger partial charge is 0.254 e. The molecule has 0 aliphatic rings. The summed E-state index contributed by atoms with van der Waals surface area (Å²) >= 11 is 3.44. The number of nitrogens with one attached hydrogen (secondary N) is 1. The van der Waals surface area contributed by atoms with E-state index in [1.807, 2.05) is 6.92 Å². The molecule has 2 nitrogen and oxygen atoms in total. The van der Waals surface area contributed by atoms with Gasteiger partial charge in [0.1, 0.15) is 11.6 Å². The van der Waals surface area contributed by atoms with Gasteiger partial charge in [-0.3, -0.25) is 4.79 Å². The van der Waals surface area contributed by atoms with Gasteiger partial charge in [0.15, 0.2) is 0 Å². The summed E-state index contributed by atoms with van der Waals surface area (Å²) in [5, 5.41) is 2.62. The third-order valence-electron chi connectivity index (χ3n) is 2.68. The summed E-state index contributed by atoms with van der Waals surface area (Å²) in [5.41, 5.74) is 0.144. The highest BCUT2D eigenvalue weighted by atomic mass is 79.9. The van der Waals surface area contributed by atoms with Gasteiger partial charge < -0.3 is 5.32 Å². The fourth-order valence-electron chi connectivity index (χ4n) is 1.47. The first-order chi connectivity index (χ1) is 8.45. The van der Waals surface area contributed by atoms with E-state index in [0.717, 1.165) is 18.9 Å². The van der Waals surface area contributed by atoms with E-state index in [9.17, 15) is 13.6 Å². The molecule has 0 heterocycles. The first-order valence-corrected chi connectivity index (χ1v) is 6.75. The minimum absolute atomic E-state index is 0.114. The predicted octanol–water partition coefficient (Wildman–Crippen LogP) is 3.57. The monoisotopic (exact) mass is 319 g/mol. The Morgan fingerprint density at radius 2 is 2.06 bits per heavy atom. The van der Waals surface area contributed by atoms with E-state index >= 15 is 0 Å². The molecule has 1 atom stereocenters. The molecule has 0 fully saturated rings. The first kappa shape index (κ1) is 15.1. The van der Waals surface area contributed by atoms with Gasteiger partial charge in [0.2, 0.25) is 0 Å². The molecule has 1 aromatic carbocycles. The highest BCUT2D eigenvalue weighted by Crippen LogP contribution is 2.14. The first-order valence-electron chi connectivity index (χ1n) is 5.83. The van der Waals surface area contributed by atoms with Crippen LogP contribution in [-0.2, 0) is 0 Å². The molecule has 5 heteroatoms. The van der Waals surface area contributed by atoms with Gasteiger partial charge in [-0.15, -0.1) is 0 Å². The molecular weight excluding hydrogens is 304 g/mol. The third-order valence-corrected chi connectivity index (χ3v) is 3.78. The molecule has 0 spiro atoms. The van der Waals surface area contributed by atoms with Crippen molar-refractivity contribution < 1.29 is 13.6 Å². The van der Waals surface area contributed by atoms with Gasteiger partial charge in [-0.05, 0) is 31.4 Å². The molecule has 1 N–H and O–H groups in total. The van der Waals surface area contributed by atoms with Crippen LogP contribution in [0.15, 0.2) is 12.1 Å². The summed E-state index contributed by atoms with van der Waals surface area (Å²) in [6.45, 7) is 3.99. The molecule has 0 aromatic heterocycles. The number of aryl methyl sites for hydroxylation is 1. The van der Waals surface area contributed by atoms with Crippen LogP contribution in [0.25, 0.3) is 0 Å². The standard InChI is InChI=1S/C13H16BrF2NO/c1-3-9(14)4-5-17-13(18)10-6-8(2)11(15)7-12(10)16/h6-7,9H,3-5H2,1-2H3,(H,17,18). The number of halogens is 3. The lowest BCUT2D eigenvalue weighted by atomic mass is 10.1. The Bertz CT molecular complexity index is 437. The zero-order valence-corrected chi connectivity index (χ0v) is 12.0. The van der Waals surface area contributed by atoms with Gasteiger partial charge >= 0.3 is 0 Å². The van der Waals surface area contributed by atoms with Gasteiger partial charge in [-0.2, -0.15) is 0 Å². The Labute approximate surface area is 114 Å². The molecule has 18 heavy (non-hydrogen) atoms. The van der Waals surface area contributed by atoms with Crippen molar-refractivity contribution in [3.63, 3.8) is 0 Å². The summed E-state index contributed by atoms with van der Waals surface area (Å²) in [5.74, 6) is -1.98. The lowest BCUT2D eigenvalue weighted by Crippen LogP contribution is -2.27. The highest BCUT2D eigenvalue weighted by molar-refractivity contribution is 9.09. The van der Waals surface area contributed by atoms with E-state index in [1.165, 1.54) is 13.0 Å². The van der Waals surface area contributed by atoms with Crippen LogP contribution < -0.4 is 5.32 Å². The minimum Gasteiger partial charge on any atom is -0.352 e. The maximum Gasteiger partial charge on any atom is 0.254 e. The predicted molar refractivity (Wildman–Crippen MR) is 71.1 cm³/mol. The molecular formula is C13H16BrF2NO. The van der Waals surface area contributed by atoms with Crippen molar-refractivity contribution in [1.29, 1.82) is 0 Å². The number of amides is 1. The molecule has 0 bridgehead atoms. The number of hydrogen-bond donors (Lipinski definition) is 1. The Balaban J connectivity index is 2.64. The zero-order valence-electron chi connectivity index (χ0n) is 10.4. The second-order valence-corrected chi connectivity index (χ2v) is 5.43. The molecule has 100 valence electrons. The molecule has 1 rings (SSSR count). The highest BCUT2D eigenvalue weighted by Gasteiger charge is 2.14. The molecule has 0 aliphatic heterocycles. The van der Waals surface area contributed by atoms with Crippen LogP contribution in [0.1, 0.15) is 35.7 Å². The van der Waals surface area contributed by atoms with Crippen molar-refractivity contribution in [2.75, 3.05) is 6.54 Å². The van der Waals surface area contributed by atoms with Crippen molar-refractivity contribution >= 4 is 21.8 Å². The summed E-state index contributed by atoms with van der Waals surface area (Å²) in [6, 6.07) is 1.97. The minimum atomic E-state index is -0.832. The van der Waals surface area contributed by atoms with E-state index in [2.05, 4.69) is 21.2 Å². The molecule has 1 unspecified atom stereocenters. The molecule has 1 aromatic rings. The molecule has 0 radical (unpaired) electrons. The van der Waals surface area contributed by atoms with Crippen molar-refractivity contribution in [3.8, 4) is 0 Å². The van der Waals surface area contributed by atoms with E-state index < -0.39 is 17.5 Å². The summed E-state index contributed by atoms with van der Waals surface area (Å²) in [6.07, 6.45) is 1.73. The van der Waals surface area contributed by atoms with Crippen molar-refractivity contribution in [3.05, 3.63) is 34.9 Å². The average molecular weight is 320 g/mol. The number of rotatable bonds is 5. The fraction of sp³-hybridized carbons (Fsp3) is 0.462. The number of benzene rings is 1. The van der Waals surface area contributed by atoms with Gasteiger partial charge in [0.05, 0.1) is 5.56 Å². The van der Waals surface area contributed by atoms with E-state index in [4.69, 9.17) is 0 Å². The lowest BCUT2D eigenvalue weighted by molar-refractivity contribution is 0.0949. The Morgan fingerprint density at radius 3 is 2.67 bits per heavy atom. The van der Waals surface area contributed by atoms with Gasteiger partial charge in [0, 0.05) is 17.4 Å².